The van der Waals surface area contributed by atoms with Crippen LogP contribution in [0, 0.1) is 0 Å². The highest BCUT2D eigenvalue weighted by Crippen LogP contribution is 2.39. The van der Waals surface area contributed by atoms with Crippen molar-refractivity contribution in [3.63, 3.8) is 0 Å². The number of likely N-dealkylation sites (tertiary alicyclic amines) is 1. The Kier molecular flexibility index (Phi) is 6.27. The molecule has 0 aliphatic carbocycles. The fraction of sp³-hybridized carbons (Fsp3) is 0.391. The summed E-state index contributed by atoms with van der Waals surface area (Å²) in [4.78, 5) is 7.00. The molecule has 2 heterocycles. The van der Waals surface area contributed by atoms with Crippen molar-refractivity contribution in [2.75, 3.05) is 41.5 Å². The maximum atomic E-state index is 5.59. The maximum absolute atomic E-state index is 5.59. The van der Waals surface area contributed by atoms with Crippen LogP contribution in [0.3, 0.4) is 0 Å². The predicted octanol–water partition coefficient (Wildman–Crippen LogP) is 3.76. The third-order valence-electron chi connectivity index (χ3n) is 5.54. The minimum absolute atomic E-state index is 0.210. The first-order valence-corrected chi connectivity index (χ1v) is 10.1. The number of hydrogen-bond acceptors (Lipinski definition) is 8. The largest absolute Gasteiger partial charge is 0.497 e. The highest BCUT2D eigenvalue weighted by molar-refractivity contribution is 5.56. The molecule has 8 nitrogen and oxygen atoms in total. The molecule has 1 saturated heterocycles. The van der Waals surface area contributed by atoms with Gasteiger partial charge in [-0.25, -0.2) is 0 Å². The first-order valence-electron chi connectivity index (χ1n) is 10.1. The average molecular weight is 425 g/mol. The maximum Gasteiger partial charge on any atom is 0.231 e. The van der Waals surface area contributed by atoms with Crippen LogP contribution >= 0.6 is 0 Å². The lowest BCUT2D eigenvalue weighted by molar-refractivity contribution is 0.303. The lowest BCUT2D eigenvalue weighted by Crippen LogP contribution is -2.20. The molecule has 164 valence electrons. The van der Waals surface area contributed by atoms with Gasteiger partial charge < -0.3 is 23.5 Å². The Morgan fingerprint density at radius 1 is 0.968 bits per heavy atom. The van der Waals surface area contributed by atoms with Crippen molar-refractivity contribution in [2.45, 2.75) is 18.9 Å². The Hall–Kier alpha value is -3.26. The van der Waals surface area contributed by atoms with Gasteiger partial charge in [0.25, 0.3) is 0 Å². The SMILES string of the molecule is COc1ccc(-c2noc([C@@H]3CCN(Cc4cc(OC)c(OC)c(OC)c4)C3)n2)cc1. The Morgan fingerprint density at radius 3 is 2.29 bits per heavy atom. The number of ether oxygens (including phenoxy) is 4. The zero-order valence-corrected chi connectivity index (χ0v) is 18.3. The van der Waals surface area contributed by atoms with Gasteiger partial charge in [0.15, 0.2) is 11.5 Å². The van der Waals surface area contributed by atoms with Crippen LogP contribution in [-0.4, -0.2) is 56.6 Å². The highest BCUT2D eigenvalue weighted by Gasteiger charge is 2.29. The van der Waals surface area contributed by atoms with Crippen LogP contribution in [0.25, 0.3) is 11.4 Å². The normalized spacial score (nSPS) is 16.3. The lowest BCUT2D eigenvalue weighted by atomic mass is 10.1. The van der Waals surface area contributed by atoms with Crippen LogP contribution in [0.4, 0.5) is 0 Å². The van der Waals surface area contributed by atoms with E-state index in [1.807, 2.05) is 36.4 Å². The van der Waals surface area contributed by atoms with Gasteiger partial charge in [0, 0.05) is 18.7 Å². The summed E-state index contributed by atoms with van der Waals surface area (Å²) in [6.07, 6.45) is 0.967. The van der Waals surface area contributed by atoms with Crippen molar-refractivity contribution < 1.29 is 23.5 Å². The van der Waals surface area contributed by atoms with Gasteiger partial charge in [-0.05, 0) is 54.9 Å². The number of nitrogens with zero attached hydrogens (tertiary/aromatic N) is 3. The quantitative estimate of drug-likeness (QED) is 0.540. The van der Waals surface area contributed by atoms with E-state index in [0.717, 1.165) is 42.9 Å². The summed E-state index contributed by atoms with van der Waals surface area (Å²) in [5.74, 6) is 4.21. The van der Waals surface area contributed by atoms with Crippen molar-refractivity contribution in [1.82, 2.24) is 15.0 Å². The molecule has 1 aliphatic heterocycles. The van der Waals surface area contributed by atoms with Crippen LogP contribution in [0.2, 0.25) is 0 Å². The van der Waals surface area contributed by atoms with Crippen LogP contribution in [0.1, 0.15) is 23.8 Å². The van der Waals surface area contributed by atoms with Crippen LogP contribution in [-0.2, 0) is 6.54 Å². The molecule has 3 aromatic rings. The Labute approximate surface area is 181 Å². The minimum atomic E-state index is 0.210. The predicted molar refractivity (Wildman–Crippen MR) is 115 cm³/mol. The van der Waals surface area contributed by atoms with E-state index >= 15 is 0 Å². The van der Waals surface area contributed by atoms with E-state index in [1.54, 1.807) is 28.4 Å². The second kappa shape index (κ2) is 9.26. The van der Waals surface area contributed by atoms with E-state index in [9.17, 15) is 0 Å². The molecule has 0 saturated carbocycles. The van der Waals surface area contributed by atoms with Crippen molar-refractivity contribution in [3.05, 3.63) is 47.9 Å². The average Bonchev–Trinajstić information content (AvgIpc) is 3.48. The van der Waals surface area contributed by atoms with Gasteiger partial charge in [-0.1, -0.05) is 5.16 Å². The van der Waals surface area contributed by atoms with Gasteiger partial charge in [-0.3, -0.25) is 4.90 Å². The molecule has 0 radical (unpaired) electrons. The van der Waals surface area contributed by atoms with Gasteiger partial charge in [-0.15, -0.1) is 0 Å². The van der Waals surface area contributed by atoms with Gasteiger partial charge in [0.1, 0.15) is 5.75 Å². The van der Waals surface area contributed by atoms with E-state index in [-0.39, 0.29) is 5.92 Å². The van der Waals surface area contributed by atoms with Gasteiger partial charge in [-0.2, -0.15) is 4.98 Å². The first-order chi connectivity index (χ1) is 15.1. The highest BCUT2D eigenvalue weighted by atomic mass is 16.5. The third kappa shape index (κ3) is 4.44. The molecule has 8 heteroatoms. The summed E-state index contributed by atoms with van der Waals surface area (Å²) < 4.78 is 27.1. The molecule has 31 heavy (non-hydrogen) atoms. The Balaban J connectivity index is 1.44. The van der Waals surface area contributed by atoms with Gasteiger partial charge >= 0.3 is 0 Å². The summed E-state index contributed by atoms with van der Waals surface area (Å²) in [5, 5.41) is 4.17. The van der Waals surface area contributed by atoms with Gasteiger partial charge in [0.2, 0.25) is 17.5 Å². The van der Waals surface area contributed by atoms with Crippen molar-refractivity contribution in [2.24, 2.45) is 0 Å². The molecule has 1 fully saturated rings. The van der Waals surface area contributed by atoms with E-state index < -0.39 is 0 Å². The minimum Gasteiger partial charge on any atom is -0.497 e. The number of methoxy groups -OCH3 is 4. The molecular formula is C23H27N3O5. The molecule has 4 rings (SSSR count). The molecule has 1 aromatic heterocycles. The molecule has 0 amide bonds. The fourth-order valence-corrected chi connectivity index (χ4v) is 3.92. The second-order valence-electron chi connectivity index (χ2n) is 7.44. The second-order valence-corrected chi connectivity index (χ2v) is 7.44. The molecule has 0 unspecified atom stereocenters. The molecule has 0 bridgehead atoms. The van der Waals surface area contributed by atoms with Crippen LogP contribution < -0.4 is 18.9 Å². The molecular weight excluding hydrogens is 398 g/mol. The molecule has 0 spiro atoms. The van der Waals surface area contributed by atoms with Crippen molar-refractivity contribution >= 4 is 0 Å². The van der Waals surface area contributed by atoms with Crippen molar-refractivity contribution in [1.29, 1.82) is 0 Å². The van der Waals surface area contributed by atoms with Crippen LogP contribution in [0.15, 0.2) is 40.9 Å². The van der Waals surface area contributed by atoms with Crippen molar-refractivity contribution in [3.8, 4) is 34.4 Å². The number of aromatic nitrogens is 2. The first kappa shape index (κ1) is 21.0. The monoisotopic (exact) mass is 425 g/mol. The smallest absolute Gasteiger partial charge is 0.231 e. The summed E-state index contributed by atoms with van der Waals surface area (Å²) in [6, 6.07) is 11.6. The standard InChI is InChI=1S/C23H27N3O5/c1-27-18-7-5-16(6-8-18)22-24-23(31-25-22)17-9-10-26(14-17)13-15-11-19(28-2)21(30-4)20(12-15)29-3/h5-8,11-12,17H,9-10,13-14H2,1-4H3/t17-/m1/s1. The molecule has 0 N–H and O–H groups in total. The van der Waals surface area contributed by atoms with E-state index in [4.69, 9.17) is 23.5 Å². The summed E-state index contributed by atoms with van der Waals surface area (Å²) in [5.41, 5.74) is 2.00. The fourth-order valence-electron chi connectivity index (χ4n) is 3.92. The molecule has 2 aromatic carbocycles. The Bertz CT molecular complexity index is 993. The number of benzene rings is 2. The number of hydrogen-bond donors (Lipinski definition) is 0. The zero-order chi connectivity index (χ0) is 21.8. The topological polar surface area (TPSA) is 79.1 Å². The summed E-state index contributed by atoms with van der Waals surface area (Å²) in [7, 11) is 6.51. The number of rotatable bonds is 8. The third-order valence-corrected chi connectivity index (χ3v) is 5.54. The van der Waals surface area contributed by atoms with E-state index in [2.05, 4.69) is 15.0 Å². The van der Waals surface area contributed by atoms with E-state index in [1.165, 1.54) is 0 Å². The lowest BCUT2D eigenvalue weighted by Gasteiger charge is -2.18. The summed E-state index contributed by atoms with van der Waals surface area (Å²) >= 11 is 0. The van der Waals surface area contributed by atoms with Gasteiger partial charge in [0.05, 0.1) is 34.4 Å². The Morgan fingerprint density at radius 2 is 1.68 bits per heavy atom. The molecule has 1 atom stereocenters. The molecule has 1 aliphatic rings. The van der Waals surface area contributed by atoms with Crippen LogP contribution in [0.5, 0.6) is 23.0 Å². The summed E-state index contributed by atoms with van der Waals surface area (Å²) in [6.45, 7) is 2.56. The van der Waals surface area contributed by atoms with E-state index in [0.29, 0.717) is 29.0 Å². The zero-order valence-electron chi connectivity index (χ0n) is 18.3.